The largest absolute Gasteiger partial charge is 0.438 e. The maximum Gasteiger partial charge on any atom is 0.227 e. The standard InChI is InChI=1S/C58H35N5O/c1-3-13-36(14-4-1)38-26-27-40-34-42(29-28-39(40)33-38)55-60-56(62-57(61-55)47-21-11-25-53-54(47)48-22-12-32-59-58(48)64-53)46-20-9-19-44-43(46)18-10-24-51(44)63-50-23-8-7-17-45(50)49-35-41(30-31-52(49)63)37-15-5-2-6-16-37/h1-35H. The minimum Gasteiger partial charge on any atom is -0.438 e. The van der Waals surface area contributed by atoms with E-state index >= 15 is 0 Å². The van der Waals surface area contributed by atoms with Crippen LogP contribution in [0.5, 0.6) is 0 Å². The summed E-state index contributed by atoms with van der Waals surface area (Å²) in [5.41, 5.74) is 12.1. The Morgan fingerprint density at radius 2 is 0.953 bits per heavy atom. The minimum atomic E-state index is 0.557. The van der Waals surface area contributed by atoms with Gasteiger partial charge in [0.1, 0.15) is 5.58 Å². The van der Waals surface area contributed by atoms with Crippen molar-refractivity contribution in [2.75, 3.05) is 0 Å². The Hall–Kier alpha value is -8.74. The predicted molar refractivity (Wildman–Crippen MR) is 261 cm³/mol. The molecule has 0 fully saturated rings. The van der Waals surface area contributed by atoms with Gasteiger partial charge in [-0.2, -0.15) is 0 Å². The quantitative estimate of drug-likeness (QED) is 0.167. The first kappa shape index (κ1) is 36.0. The monoisotopic (exact) mass is 817 g/mol. The average molecular weight is 818 g/mol. The minimum absolute atomic E-state index is 0.557. The van der Waals surface area contributed by atoms with E-state index in [4.69, 9.17) is 19.4 Å². The van der Waals surface area contributed by atoms with E-state index in [-0.39, 0.29) is 0 Å². The zero-order valence-corrected chi connectivity index (χ0v) is 34.4. The molecule has 13 aromatic rings. The first-order valence-corrected chi connectivity index (χ1v) is 21.5. The van der Waals surface area contributed by atoms with E-state index in [1.807, 2.05) is 30.3 Å². The molecule has 0 N–H and O–H groups in total. The zero-order valence-electron chi connectivity index (χ0n) is 34.4. The SMILES string of the molecule is c1ccc(-c2ccc3cc(-c4nc(-c5cccc6c(-n7c8ccccc8c8cc(-c9ccccc9)ccc87)cccc56)nc(-c5cccc6oc7ncccc7c56)n4)ccc3c2)cc1. The van der Waals surface area contributed by atoms with Crippen molar-refractivity contribution in [1.29, 1.82) is 0 Å². The fourth-order valence-electron chi connectivity index (χ4n) is 9.51. The maximum atomic E-state index is 6.25. The smallest absolute Gasteiger partial charge is 0.227 e. The molecule has 4 aromatic heterocycles. The van der Waals surface area contributed by atoms with E-state index in [2.05, 4.69) is 185 Å². The third-order valence-corrected chi connectivity index (χ3v) is 12.5. The number of hydrogen-bond acceptors (Lipinski definition) is 5. The summed E-state index contributed by atoms with van der Waals surface area (Å²) in [6.07, 6.45) is 1.75. The molecule has 6 nitrogen and oxygen atoms in total. The molecule has 0 radical (unpaired) electrons. The third kappa shape index (κ3) is 5.81. The van der Waals surface area contributed by atoms with Crippen molar-refractivity contribution in [3.8, 4) is 62.1 Å². The first-order valence-electron chi connectivity index (χ1n) is 21.5. The summed E-state index contributed by atoms with van der Waals surface area (Å²) in [5.74, 6) is 1.73. The van der Waals surface area contributed by atoms with E-state index in [0.717, 1.165) is 71.3 Å². The van der Waals surface area contributed by atoms with Gasteiger partial charge in [-0.3, -0.25) is 0 Å². The average Bonchev–Trinajstić information content (AvgIpc) is 3.92. The van der Waals surface area contributed by atoms with E-state index in [0.29, 0.717) is 23.2 Å². The maximum absolute atomic E-state index is 6.25. The van der Waals surface area contributed by atoms with Crippen LogP contribution in [0.15, 0.2) is 217 Å². The molecule has 0 aliphatic rings. The Morgan fingerprint density at radius 1 is 0.359 bits per heavy atom. The molecule has 0 unspecified atom stereocenters. The van der Waals surface area contributed by atoms with E-state index in [1.54, 1.807) is 6.20 Å². The van der Waals surface area contributed by atoms with Crippen molar-refractivity contribution < 1.29 is 4.42 Å². The highest BCUT2D eigenvalue weighted by Crippen LogP contribution is 2.40. The zero-order chi connectivity index (χ0) is 42.1. The number of hydrogen-bond donors (Lipinski definition) is 0. The lowest BCUT2D eigenvalue weighted by atomic mass is 9.99. The molecule has 13 rings (SSSR count). The van der Waals surface area contributed by atoms with Crippen molar-refractivity contribution in [3.63, 3.8) is 0 Å². The highest BCUT2D eigenvalue weighted by Gasteiger charge is 2.21. The molecule has 0 bridgehead atoms. The van der Waals surface area contributed by atoms with Crippen LogP contribution < -0.4 is 0 Å². The second kappa shape index (κ2) is 14.4. The normalized spacial score (nSPS) is 11.8. The number of para-hydroxylation sites is 1. The van der Waals surface area contributed by atoms with Crippen molar-refractivity contribution >= 4 is 65.4 Å². The fraction of sp³-hybridized carbons (Fsp3) is 0. The van der Waals surface area contributed by atoms with Gasteiger partial charge in [0.2, 0.25) is 5.71 Å². The summed E-state index contributed by atoms with van der Waals surface area (Å²) >= 11 is 0. The Kier molecular flexibility index (Phi) is 8.11. The van der Waals surface area contributed by atoms with Gasteiger partial charge in [0.15, 0.2) is 17.5 Å². The number of aromatic nitrogens is 5. The van der Waals surface area contributed by atoms with Crippen LogP contribution in [0.25, 0.3) is 128 Å². The summed E-state index contributed by atoms with van der Waals surface area (Å²) < 4.78 is 8.64. The second-order valence-electron chi connectivity index (χ2n) is 16.2. The molecule has 0 aliphatic heterocycles. The van der Waals surface area contributed by atoms with Crippen LogP contribution in [0.3, 0.4) is 0 Å². The van der Waals surface area contributed by atoms with E-state index in [9.17, 15) is 0 Å². The Balaban J connectivity index is 1.02. The Labute approximate surface area is 367 Å². The van der Waals surface area contributed by atoms with Crippen LogP contribution in [-0.2, 0) is 0 Å². The lowest BCUT2D eigenvalue weighted by Crippen LogP contribution is -2.01. The number of rotatable bonds is 6. The van der Waals surface area contributed by atoms with Gasteiger partial charge in [0.25, 0.3) is 0 Å². The predicted octanol–water partition coefficient (Wildman–Crippen LogP) is 14.9. The van der Waals surface area contributed by atoms with Gasteiger partial charge in [0, 0.05) is 49.8 Å². The molecular weight excluding hydrogens is 783 g/mol. The van der Waals surface area contributed by atoms with E-state index < -0.39 is 0 Å². The van der Waals surface area contributed by atoms with Gasteiger partial charge < -0.3 is 8.98 Å². The first-order chi connectivity index (χ1) is 31.7. The van der Waals surface area contributed by atoms with Crippen molar-refractivity contribution in [3.05, 3.63) is 212 Å². The number of nitrogens with zero attached hydrogens (tertiary/aromatic N) is 5. The van der Waals surface area contributed by atoms with Crippen LogP contribution in [-0.4, -0.2) is 24.5 Å². The molecule has 64 heavy (non-hydrogen) atoms. The summed E-state index contributed by atoms with van der Waals surface area (Å²) in [7, 11) is 0. The molecule has 9 aromatic carbocycles. The summed E-state index contributed by atoms with van der Waals surface area (Å²) in [6, 6.07) is 72.6. The number of furan rings is 1. The number of fused-ring (bicyclic) bond motifs is 8. The molecule has 298 valence electrons. The highest BCUT2D eigenvalue weighted by molar-refractivity contribution is 6.13. The Morgan fingerprint density at radius 3 is 1.78 bits per heavy atom. The fourth-order valence-corrected chi connectivity index (χ4v) is 9.51. The Bertz CT molecular complexity index is 3960. The summed E-state index contributed by atoms with van der Waals surface area (Å²) in [5, 5.41) is 8.62. The third-order valence-electron chi connectivity index (χ3n) is 12.5. The number of benzene rings is 9. The van der Waals surface area contributed by atoms with Crippen LogP contribution in [0, 0.1) is 0 Å². The van der Waals surface area contributed by atoms with Gasteiger partial charge >= 0.3 is 0 Å². The van der Waals surface area contributed by atoms with Gasteiger partial charge in [-0.15, -0.1) is 0 Å². The van der Waals surface area contributed by atoms with Crippen molar-refractivity contribution in [2.45, 2.75) is 0 Å². The van der Waals surface area contributed by atoms with Crippen LogP contribution in [0.4, 0.5) is 0 Å². The van der Waals surface area contributed by atoms with Crippen LogP contribution in [0.1, 0.15) is 0 Å². The molecule has 0 spiro atoms. The van der Waals surface area contributed by atoms with Gasteiger partial charge in [0.05, 0.1) is 16.7 Å². The van der Waals surface area contributed by atoms with Gasteiger partial charge in [-0.1, -0.05) is 152 Å². The molecule has 0 amide bonds. The van der Waals surface area contributed by atoms with Crippen molar-refractivity contribution in [1.82, 2.24) is 24.5 Å². The molecule has 0 aliphatic carbocycles. The number of pyridine rings is 1. The van der Waals surface area contributed by atoms with Gasteiger partial charge in [-0.25, -0.2) is 19.9 Å². The molecule has 0 saturated heterocycles. The second-order valence-corrected chi connectivity index (χ2v) is 16.2. The molecule has 4 heterocycles. The molecule has 6 heteroatoms. The van der Waals surface area contributed by atoms with Gasteiger partial charge in [-0.05, 0) is 93.0 Å². The lowest BCUT2D eigenvalue weighted by molar-refractivity contribution is 0.654. The highest BCUT2D eigenvalue weighted by atomic mass is 16.3. The molecular formula is C58H35N5O. The summed E-state index contributed by atoms with van der Waals surface area (Å²) in [6.45, 7) is 0. The van der Waals surface area contributed by atoms with Crippen LogP contribution in [0.2, 0.25) is 0 Å². The van der Waals surface area contributed by atoms with E-state index in [1.165, 1.54) is 33.0 Å². The summed E-state index contributed by atoms with van der Waals surface area (Å²) in [4.78, 5) is 20.4. The van der Waals surface area contributed by atoms with Crippen LogP contribution >= 0.6 is 0 Å². The molecule has 0 saturated carbocycles. The lowest BCUT2D eigenvalue weighted by Gasteiger charge is -2.15. The van der Waals surface area contributed by atoms with Crippen molar-refractivity contribution in [2.24, 2.45) is 0 Å². The topological polar surface area (TPSA) is 69.6 Å². The molecule has 0 atom stereocenters.